The zero-order valence-corrected chi connectivity index (χ0v) is 13.9. The van der Waals surface area contributed by atoms with Crippen LogP contribution in [0.25, 0.3) is 0 Å². The molecule has 0 saturated carbocycles. The highest BCUT2D eigenvalue weighted by Crippen LogP contribution is 2.02. The van der Waals surface area contributed by atoms with Gasteiger partial charge in [-0.25, -0.2) is 9.59 Å². The van der Waals surface area contributed by atoms with E-state index in [1.165, 1.54) is 6.92 Å². The molecule has 0 spiro atoms. The van der Waals surface area contributed by atoms with Gasteiger partial charge in [-0.2, -0.15) is 12.6 Å². The number of rotatable bonds is 8. The van der Waals surface area contributed by atoms with Crippen molar-refractivity contribution in [2.45, 2.75) is 31.7 Å². The van der Waals surface area contributed by atoms with Crippen LogP contribution >= 0.6 is 12.6 Å². The largest absolute Gasteiger partial charge is 0.480 e. The normalized spacial score (nSPS) is 14.1. The first-order chi connectivity index (χ1) is 11.3. The van der Waals surface area contributed by atoms with Crippen molar-refractivity contribution < 1.29 is 29.3 Å². The second-order valence-electron chi connectivity index (χ2n) is 5.01. The standard InChI is InChI=1S/C15H20N2O6S/c1-9(18)12(13(19)16-11(8-24)14(20)21)17-15(22)23-7-10-5-3-2-4-6-10/h2-6,9,11-12,18,24H,7-8H2,1H3,(H,16,19)(H,17,22)(H,20,21). The molecule has 0 aliphatic rings. The van der Waals surface area contributed by atoms with Gasteiger partial charge in [-0.05, 0) is 12.5 Å². The molecule has 0 aromatic heterocycles. The molecule has 9 heteroatoms. The minimum absolute atomic E-state index is 0.00475. The lowest BCUT2D eigenvalue weighted by Gasteiger charge is -2.22. The number of carboxylic acid groups (broad SMARTS) is 1. The molecule has 0 aliphatic heterocycles. The lowest BCUT2D eigenvalue weighted by molar-refractivity contribution is -0.141. The van der Waals surface area contributed by atoms with E-state index in [4.69, 9.17) is 9.84 Å². The van der Waals surface area contributed by atoms with Crippen LogP contribution in [0.3, 0.4) is 0 Å². The first-order valence-electron chi connectivity index (χ1n) is 7.14. The molecule has 0 bridgehead atoms. The number of aliphatic hydroxyl groups is 1. The Hall–Kier alpha value is -2.26. The third-order valence-electron chi connectivity index (χ3n) is 3.05. The van der Waals surface area contributed by atoms with Gasteiger partial charge in [-0.3, -0.25) is 4.79 Å². The lowest BCUT2D eigenvalue weighted by Crippen LogP contribution is -2.56. The molecule has 132 valence electrons. The van der Waals surface area contributed by atoms with Gasteiger partial charge in [-0.15, -0.1) is 0 Å². The summed E-state index contributed by atoms with van der Waals surface area (Å²) >= 11 is 3.82. The van der Waals surface area contributed by atoms with Gasteiger partial charge in [0.2, 0.25) is 5.91 Å². The van der Waals surface area contributed by atoms with Gasteiger partial charge in [-0.1, -0.05) is 30.3 Å². The predicted octanol–water partition coefficient (Wildman–Crippen LogP) is 0.161. The molecular weight excluding hydrogens is 336 g/mol. The number of alkyl carbamates (subject to hydrolysis) is 1. The number of nitrogens with one attached hydrogen (secondary N) is 2. The van der Waals surface area contributed by atoms with E-state index in [0.717, 1.165) is 5.56 Å². The van der Waals surface area contributed by atoms with Crippen LogP contribution in [0.2, 0.25) is 0 Å². The molecule has 1 rings (SSSR count). The lowest BCUT2D eigenvalue weighted by atomic mass is 10.1. The Bertz CT molecular complexity index is 566. The van der Waals surface area contributed by atoms with Crippen molar-refractivity contribution in [3.63, 3.8) is 0 Å². The number of hydrogen-bond donors (Lipinski definition) is 5. The number of carboxylic acids is 1. The molecule has 3 unspecified atom stereocenters. The third kappa shape index (κ3) is 6.47. The highest BCUT2D eigenvalue weighted by Gasteiger charge is 2.29. The summed E-state index contributed by atoms with van der Waals surface area (Å²) in [5.74, 6) is -2.25. The van der Waals surface area contributed by atoms with Crippen LogP contribution in [0.5, 0.6) is 0 Å². The Morgan fingerprint density at radius 3 is 2.33 bits per heavy atom. The molecule has 2 amide bonds. The summed E-state index contributed by atoms with van der Waals surface area (Å²) < 4.78 is 4.97. The average Bonchev–Trinajstić information content (AvgIpc) is 2.55. The zero-order valence-electron chi connectivity index (χ0n) is 13.0. The van der Waals surface area contributed by atoms with E-state index in [1.54, 1.807) is 24.3 Å². The Balaban J connectivity index is 2.59. The minimum atomic E-state index is -1.35. The smallest absolute Gasteiger partial charge is 0.408 e. The average molecular weight is 356 g/mol. The molecule has 8 nitrogen and oxygen atoms in total. The Morgan fingerprint density at radius 1 is 1.21 bits per heavy atom. The maximum Gasteiger partial charge on any atom is 0.408 e. The second-order valence-corrected chi connectivity index (χ2v) is 5.37. The summed E-state index contributed by atoms with van der Waals surface area (Å²) in [6.07, 6.45) is -2.15. The van der Waals surface area contributed by atoms with Crippen LogP contribution < -0.4 is 10.6 Å². The first kappa shape index (κ1) is 19.8. The van der Waals surface area contributed by atoms with Crippen LogP contribution in [-0.4, -0.2) is 52.1 Å². The summed E-state index contributed by atoms with van der Waals surface area (Å²) in [6, 6.07) is 6.32. The second kappa shape index (κ2) is 9.78. The molecular formula is C15H20N2O6S. The van der Waals surface area contributed by atoms with Crippen LogP contribution in [0.15, 0.2) is 30.3 Å². The molecule has 0 fully saturated rings. The van der Waals surface area contributed by atoms with Crippen molar-refractivity contribution in [3.05, 3.63) is 35.9 Å². The van der Waals surface area contributed by atoms with E-state index in [9.17, 15) is 19.5 Å². The topological polar surface area (TPSA) is 125 Å². The Morgan fingerprint density at radius 2 is 1.83 bits per heavy atom. The van der Waals surface area contributed by atoms with Crippen molar-refractivity contribution in [1.82, 2.24) is 10.6 Å². The molecule has 0 aliphatic carbocycles. The summed E-state index contributed by atoms with van der Waals surface area (Å²) in [5.41, 5.74) is 0.756. The highest BCUT2D eigenvalue weighted by atomic mass is 32.1. The molecule has 24 heavy (non-hydrogen) atoms. The SMILES string of the molecule is CC(O)C(NC(=O)OCc1ccccc1)C(=O)NC(CS)C(=O)O. The third-order valence-corrected chi connectivity index (χ3v) is 3.41. The quantitative estimate of drug-likeness (QED) is 0.423. The summed E-state index contributed by atoms with van der Waals surface area (Å²) in [7, 11) is 0. The number of ether oxygens (including phenoxy) is 1. The molecule has 3 atom stereocenters. The number of amides is 2. The number of carbonyl (C=O) groups excluding carboxylic acids is 2. The van der Waals surface area contributed by atoms with E-state index >= 15 is 0 Å². The van der Waals surface area contributed by atoms with Crippen LogP contribution in [0, 0.1) is 0 Å². The monoisotopic (exact) mass is 356 g/mol. The van der Waals surface area contributed by atoms with Crippen LogP contribution in [0.1, 0.15) is 12.5 Å². The fourth-order valence-corrected chi connectivity index (χ4v) is 1.99. The fourth-order valence-electron chi connectivity index (χ4n) is 1.74. The molecule has 0 saturated heterocycles. The molecule has 4 N–H and O–H groups in total. The number of carbonyl (C=O) groups is 3. The minimum Gasteiger partial charge on any atom is -0.480 e. The van der Waals surface area contributed by atoms with Gasteiger partial charge in [0.15, 0.2) is 0 Å². The van der Waals surface area contributed by atoms with Gasteiger partial charge in [0.25, 0.3) is 0 Å². The Labute approximate surface area is 144 Å². The van der Waals surface area contributed by atoms with Crippen molar-refractivity contribution in [3.8, 4) is 0 Å². The molecule has 1 aromatic rings. The van der Waals surface area contributed by atoms with Gasteiger partial charge in [0, 0.05) is 5.75 Å². The van der Waals surface area contributed by atoms with Gasteiger partial charge in [0.05, 0.1) is 6.10 Å². The fraction of sp³-hybridized carbons (Fsp3) is 0.400. The zero-order chi connectivity index (χ0) is 18.1. The Kier molecular flexibility index (Phi) is 8.07. The number of aliphatic hydroxyl groups excluding tert-OH is 1. The summed E-state index contributed by atoms with van der Waals surface area (Å²) in [6.45, 7) is 1.29. The van der Waals surface area contributed by atoms with E-state index in [-0.39, 0.29) is 12.4 Å². The maximum atomic E-state index is 12.0. The van der Waals surface area contributed by atoms with Crippen LogP contribution in [-0.2, 0) is 20.9 Å². The first-order valence-corrected chi connectivity index (χ1v) is 7.77. The summed E-state index contributed by atoms with van der Waals surface area (Å²) in [4.78, 5) is 34.7. The van der Waals surface area contributed by atoms with Gasteiger partial charge >= 0.3 is 12.1 Å². The van der Waals surface area contributed by atoms with Crippen LogP contribution in [0.4, 0.5) is 4.79 Å². The van der Waals surface area contributed by atoms with Crippen molar-refractivity contribution in [1.29, 1.82) is 0 Å². The molecule has 1 aromatic carbocycles. The maximum absolute atomic E-state index is 12.0. The van der Waals surface area contributed by atoms with Crippen molar-refractivity contribution in [2.24, 2.45) is 0 Å². The van der Waals surface area contributed by atoms with E-state index in [0.29, 0.717) is 0 Å². The summed E-state index contributed by atoms with van der Waals surface area (Å²) in [5, 5.41) is 22.9. The van der Waals surface area contributed by atoms with Crippen molar-refractivity contribution >= 4 is 30.6 Å². The van der Waals surface area contributed by atoms with E-state index in [2.05, 4.69) is 23.3 Å². The highest BCUT2D eigenvalue weighted by molar-refractivity contribution is 7.80. The van der Waals surface area contributed by atoms with Gasteiger partial charge < -0.3 is 25.6 Å². The number of aliphatic carboxylic acids is 1. The van der Waals surface area contributed by atoms with E-state index in [1.807, 2.05) is 6.07 Å². The predicted molar refractivity (Wildman–Crippen MR) is 88.7 cm³/mol. The number of thiol groups is 1. The molecule has 0 heterocycles. The van der Waals surface area contributed by atoms with Crippen molar-refractivity contribution in [2.75, 3.05) is 5.75 Å². The molecule has 0 radical (unpaired) electrons. The van der Waals surface area contributed by atoms with Gasteiger partial charge in [0.1, 0.15) is 18.7 Å². The van der Waals surface area contributed by atoms with E-state index < -0.39 is 36.2 Å². The number of hydrogen-bond acceptors (Lipinski definition) is 6. The number of benzene rings is 1.